The fourth-order valence-electron chi connectivity index (χ4n) is 3.32. The minimum absolute atomic E-state index is 0.00238. The zero-order valence-corrected chi connectivity index (χ0v) is 17.5. The van der Waals surface area contributed by atoms with Crippen LogP contribution in [0.2, 0.25) is 0 Å². The number of benzene rings is 2. The van der Waals surface area contributed by atoms with E-state index >= 15 is 0 Å². The predicted octanol–water partition coefficient (Wildman–Crippen LogP) is 3.05. The molecule has 2 amide bonds. The maximum atomic E-state index is 12.8. The largest absolute Gasteiger partial charge is 0.466 e. The molecule has 7 heteroatoms. The van der Waals surface area contributed by atoms with E-state index in [2.05, 4.69) is 5.32 Å². The molecule has 1 fully saturated rings. The first-order valence-electron chi connectivity index (χ1n) is 10.6. The number of ether oxygens (including phenoxy) is 2. The number of nitrogens with zero attached hydrogens (tertiary/aromatic N) is 1. The summed E-state index contributed by atoms with van der Waals surface area (Å²) in [4.78, 5) is 38.7. The van der Waals surface area contributed by atoms with Crippen molar-refractivity contribution < 1.29 is 23.9 Å². The van der Waals surface area contributed by atoms with Crippen molar-refractivity contribution in [2.45, 2.75) is 25.7 Å². The summed E-state index contributed by atoms with van der Waals surface area (Å²) in [5.74, 6) is -0.874. The smallest absolute Gasteiger partial charge is 0.306 e. The van der Waals surface area contributed by atoms with Crippen molar-refractivity contribution in [3.63, 3.8) is 0 Å². The molecular formula is C24H28N2O5. The Morgan fingerprint density at radius 3 is 2.42 bits per heavy atom. The van der Waals surface area contributed by atoms with E-state index in [0.29, 0.717) is 44.2 Å². The maximum absolute atomic E-state index is 12.8. The van der Waals surface area contributed by atoms with E-state index in [-0.39, 0.29) is 24.7 Å². The molecular weight excluding hydrogens is 396 g/mol. The first-order valence-corrected chi connectivity index (χ1v) is 10.6. The molecule has 1 saturated heterocycles. The number of carbonyl (C=O) groups excluding carboxylic acids is 3. The fraction of sp³-hybridized carbons (Fsp3) is 0.375. The highest BCUT2D eigenvalue weighted by Gasteiger charge is 2.21. The third-order valence-corrected chi connectivity index (χ3v) is 5.00. The van der Waals surface area contributed by atoms with Crippen molar-refractivity contribution in [3.05, 3.63) is 65.7 Å². The zero-order chi connectivity index (χ0) is 21.9. The number of aryl methyl sites for hydroxylation is 1. The number of anilines is 1. The summed E-state index contributed by atoms with van der Waals surface area (Å²) in [6.45, 7) is 2.39. The van der Waals surface area contributed by atoms with Crippen LogP contribution in [0.3, 0.4) is 0 Å². The Kier molecular flexibility index (Phi) is 8.60. The first kappa shape index (κ1) is 22.5. The normalized spacial score (nSPS) is 13.5. The molecule has 0 radical (unpaired) electrons. The van der Waals surface area contributed by atoms with Gasteiger partial charge in [-0.25, -0.2) is 0 Å². The maximum Gasteiger partial charge on any atom is 0.306 e. The van der Waals surface area contributed by atoms with E-state index in [1.54, 1.807) is 29.2 Å². The van der Waals surface area contributed by atoms with Crippen LogP contribution in [0.4, 0.5) is 5.69 Å². The average molecular weight is 424 g/mol. The molecule has 3 rings (SSSR count). The van der Waals surface area contributed by atoms with E-state index in [1.807, 2.05) is 30.3 Å². The van der Waals surface area contributed by atoms with Gasteiger partial charge >= 0.3 is 5.97 Å². The lowest BCUT2D eigenvalue weighted by Gasteiger charge is -2.27. The first-order chi connectivity index (χ1) is 15.1. The van der Waals surface area contributed by atoms with Gasteiger partial charge in [0.05, 0.1) is 37.5 Å². The molecule has 0 saturated carbocycles. The molecule has 1 aliphatic heterocycles. The molecule has 1 N–H and O–H groups in total. The van der Waals surface area contributed by atoms with E-state index in [0.717, 1.165) is 12.8 Å². The Balaban J connectivity index is 1.41. The van der Waals surface area contributed by atoms with Crippen molar-refractivity contribution in [1.29, 1.82) is 0 Å². The van der Waals surface area contributed by atoms with Gasteiger partial charge in [-0.05, 0) is 30.5 Å². The number of rotatable bonds is 9. The van der Waals surface area contributed by atoms with Gasteiger partial charge in [0, 0.05) is 19.5 Å². The molecule has 1 aliphatic rings. The molecule has 0 spiro atoms. The van der Waals surface area contributed by atoms with Crippen molar-refractivity contribution in [1.82, 2.24) is 4.90 Å². The lowest BCUT2D eigenvalue weighted by atomic mass is 10.1. The van der Waals surface area contributed by atoms with Crippen LogP contribution in [-0.4, -0.2) is 55.6 Å². The summed E-state index contributed by atoms with van der Waals surface area (Å²) >= 11 is 0. The van der Waals surface area contributed by atoms with Gasteiger partial charge in [-0.1, -0.05) is 42.5 Å². The predicted molar refractivity (Wildman–Crippen MR) is 117 cm³/mol. The van der Waals surface area contributed by atoms with Crippen LogP contribution >= 0.6 is 0 Å². The van der Waals surface area contributed by atoms with Crippen molar-refractivity contribution >= 4 is 23.5 Å². The molecule has 0 aliphatic carbocycles. The number of hydrogen-bond acceptors (Lipinski definition) is 5. The molecule has 2 aromatic carbocycles. The van der Waals surface area contributed by atoms with Crippen LogP contribution in [0.25, 0.3) is 0 Å². The topological polar surface area (TPSA) is 84.9 Å². The van der Waals surface area contributed by atoms with Crippen LogP contribution in [-0.2, 0) is 25.5 Å². The van der Waals surface area contributed by atoms with Gasteiger partial charge in [-0.3, -0.25) is 14.4 Å². The number of amides is 2. The van der Waals surface area contributed by atoms with Gasteiger partial charge in [-0.2, -0.15) is 0 Å². The van der Waals surface area contributed by atoms with E-state index < -0.39 is 5.97 Å². The second-order valence-electron chi connectivity index (χ2n) is 7.31. The highest BCUT2D eigenvalue weighted by molar-refractivity contribution is 6.04. The molecule has 7 nitrogen and oxygen atoms in total. The number of para-hydroxylation sites is 1. The molecule has 1 heterocycles. The Bertz CT molecular complexity index is 879. The van der Waals surface area contributed by atoms with Gasteiger partial charge in [0.2, 0.25) is 5.91 Å². The van der Waals surface area contributed by atoms with Gasteiger partial charge in [-0.15, -0.1) is 0 Å². The van der Waals surface area contributed by atoms with Gasteiger partial charge in [0.1, 0.15) is 0 Å². The average Bonchev–Trinajstić information content (AvgIpc) is 2.82. The monoisotopic (exact) mass is 424 g/mol. The molecule has 0 aromatic heterocycles. The lowest BCUT2D eigenvalue weighted by Crippen LogP contribution is -2.41. The van der Waals surface area contributed by atoms with E-state index in [9.17, 15) is 14.4 Å². The van der Waals surface area contributed by atoms with Crippen LogP contribution < -0.4 is 5.32 Å². The molecule has 0 unspecified atom stereocenters. The quantitative estimate of drug-likeness (QED) is 0.494. The molecule has 0 bridgehead atoms. The van der Waals surface area contributed by atoms with E-state index in [4.69, 9.17) is 9.47 Å². The van der Waals surface area contributed by atoms with Crippen molar-refractivity contribution in [2.75, 3.05) is 38.2 Å². The Labute approximate surface area is 182 Å². The highest BCUT2D eigenvalue weighted by atomic mass is 16.5. The summed E-state index contributed by atoms with van der Waals surface area (Å²) in [5.41, 5.74) is 2.07. The number of hydrogen-bond donors (Lipinski definition) is 1. The summed E-state index contributed by atoms with van der Waals surface area (Å²) in [5, 5.41) is 2.75. The van der Waals surface area contributed by atoms with Crippen LogP contribution in [0.5, 0.6) is 0 Å². The minimum atomic E-state index is -0.402. The SMILES string of the molecule is O=C(CCC(=O)OCCCc1ccccc1)Nc1ccccc1C(=O)N1CCOCC1. The number of carbonyl (C=O) groups is 3. The summed E-state index contributed by atoms with van der Waals surface area (Å²) in [7, 11) is 0. The third-order valence-electron chi connectivity index (χ3n) is 5.00. The summed E-state index contributed by atoms with van der Waals surface area (Å²) in [6.07, 6.45) is 1.57. The van der Waals surface area contributed by atoms with E-state index in [1.165, 1.54) is 5.56 Å². The Hall–Kier alpha value is -3.19. The van der Waals surface area contributed by atoms with Gasteiger partial charge < -0.3 is 19.7 Å². The van der Waals surface area contributed by atoms with Gasteiger partial charge in [0.25, 0.3) is 5.91 Å². The number of esters is 1. The van der Waals surface area contributed by atoms with Crippen molar-refractivity contribution in [2.24, 2.45) is 0 Å². The summed E-state index contributed by atoms with van der Waals surface area (Å²) in [6, 6.07) is 16.9. The van der Waals surface area contributed by atoms with Crippen LogP contribution in [0, 0.1) is 0 Å². The second kappa shape index (κ2) is 11.9. The summed E-state index contributed by atoms with van der Waals surface area (Å²) < 4.78 is 10.5. The second-order valence-corrected chi connectivity index (χ2v) is 7.31. The van der Waals surface area contributed by atoms with Crippen molar-refractivity contribution in [3.8, 4) is 0 Å². The molecule has 0 atom stereocenters. The molecule has 2 aromatic rings. The Morgan fingerprint density at radius 2 is 1.65 bits per heavy atom. The fourth-order valence-corrected chi connectivity index (χ4v) is 3.32. The third kappa shape index (κ3) is 7.22. The Morgan fingerprint density at radius 1 is 0.935 bits per heavy atom. The molecule has 164 valence electrons. The lowest BCUT2D eigenvalue weighted by molar-refractivity contribution is -0.144. The minimum Gasteiger partial charge on any atom is -0.466 e. The zero-order valence-electron chi connectivity index (χ0n) is 17.5. The molecule has 31 heavy (non-hydrogen) atoms. The number of nitrogens with one attached hydrogen (secondary N) is 1. The highest BCUT2D eigenvalue weighted by Crippen LogP contribution is 2.18. The standard InChI is InChI=1S/C24H28N2O5/c27-22(12-13-23(28)31-16-6-9-19-7-2-1-3-8-19)25-21-11-5-4-10-20(21)24(29)26-14-17-30-18-15-26/h1-5,7-8,10-11H,6,9,12-18H2,(H,25,27). The van der Waals surface area contributed by atoms with Crippen LogP contribution in [0.1, 0.15) is 35.2 Å². The van der Waals surface area contributed by atoms with Gasteiger partial charge in [0.15, 0.2) is 0 Å². The van der Waals surface area contributed by atoms with Crippen LogP contribution in [0.15, 0.2) is 54.6 Å². The number of morpholine rings is 1.